The van der Waals surface area contributed by atoms with Crippen LogP contribution in [-0.4, -0.2) is 50.9 Å². The van der Waals surface area contributed by atoms with Gasteiger partial charge in [0.2, 0.25) is 11.8 Å². The van der Waals surface area contributed by atoms with Crippen LogP contribution in [0.25, 0.3) is 0 Å². The molecule has 41 heavy (non-hydrogen) atoms. The zero-order valence-corrected chi connectivity index (χ0v) is 25.6. The van der Waals surface area contributed by atoms with Gasteiger partial charge in [0.05, 0.1) is 17.7 Å². The van der Waals surface area contributed by atoms with E-state index in [1.807, 2.05) is 65.0 Å². The first-order valence-corrected chi connectivity index (χ1v) is 15.3. The number of aryl methyl sites for hydroxylation is 2. The number of rotatable bonds is 13. The Morgan fingerprint density at radius 3 is 2.12 bits per heavy atom. The van der Waals surface area contributed by atoms with E-state index in [-0.39, 0.29) is 29.1 Å². The fourth-order valence-corrected chi connectivity index (χ4v) is 5.92. The molecule has 0 bridgehead atoms. The Labute approximate surface area is 244 Å². The number of methoxy groups -OCH3 is 1. The molecule has 3 aromatic rings. The Bertz CT molecular complexity index is 1430. The highest BCUT2D eigenvalue weighted by Gasteiger charge is 2.35. The van der Waals surface area contributed by atoms with Gasteiger partial charge in [-0.1, -0.05) is 67.9 Å². The van der Waals surface area contributed by atoms with Gasteiger partial charge in [-0.3, -0.25) is 13.9 Å². The third-order valence-electron chi connectivity index (χ3n) is 7.07. The summed E-state index contributed by atoms with van der Waals surface area (Å²) >= 11 is 0. The van der Waals surface area contributed by atoms with Crippen molar-refractivity contribution >= 4 is 27.5 Å². The number of anilines is 1. The topological polar surface area (TPSA) is 96.0 Å². The monoisotopic (exact) mass is 579 g/mol. The van der Waals surface area contributed by atoms with Crippen LogP contribution in [0.2, 0.25) is 0 Å². The molecule has 3 aromatic carbocycles. The van der Waals surface area contributed by atoms with Crippen LogP contribution in [0.15, 0.2) is 77.7 Å². The van der Waals surface area contributed by atoms with Crippen LogP contribution in [-0.2, 0) is 26.2 Å². The quantitative estimate of drug-likeness (QED) is 0.299. The summed E-state index contributed by atoms with van der Waals surface area (Å²) in [6.45, 7) is 9.18. The molecule has 220 valence electrons. The Hall–Kier alpha value is -3.85. The number of hydrogen-bond acceptors (Lipinski definition) is 5. The molecule has 3 rings (SSSR count). The maximum atomic E-state index is 14.2. The molecule has 0 radical (unpaired) electrons. The lowest BCUT2D eigenvalue weighted by Crippen LogP contribution is -2.53. The van der Waals surface area contributed by atoms with Crippen LogP contribution < -0.4 is 14.4 Å². The van der Waals surface area contributed by atoms with Crippen LogP contribution in [0.4, 0.5) is 5.69 Å². The van der Waals surface area contributed by atoms with Gasteiger partial charge in [-0.05, 0) is 69.0 Å². The van der Waals surface area contributed by atoms with Crippen molar-refractivity contribution in [2.75, 3.05) is 18.0 Å². The summed E-state index contributed by atoms with van der Waals surface area (Å²) in [5.74, 6) is -0.456. The molecular formula is C32H41N3O5S. The first-order chi connectivity index (χ1) is 19.5. The van der Waals surface area contributed by atoms with E-state index >= 15 is 0 Å². The average Bonchev–Trinajstić information content (AvgIpc) is 2.96. The summed E-state index contributed by atoms with van der Waals surface area (Å²) < 4.78 is 34.7. The molecule has 2 unspecified atom stereocenters. The molecule has 0 saturated heterocycles. The predicted molar refractivity (Wildman–Crippen MR) is 162 cm³/mol. The lowest BCUT2D eigenvalue weighted by molar-refractivity contribution is -0.140. The van der Waals surface area contributed by atoms with Crippen molar-refractivity contribution in [2.24, 2.45) is 0 Å². The summed E-state index contributed by atoms with van der Waals surface area (Å²) in [5, 5.41) is 2.99. The van der Waals surface area contributed by atoms with Crippen LogP contribution >= 0.6 is 0 Å². The SMILES string of the molecule is CCC(C)NC(=O)C(CC)N(Cc1ccc(C)cc1)C(=O)CN(c1cc(C)ccc1OC)S(=O)(=O)c1ccccc1. The number of benzene rings is 3. The number of carbonyl (C=O) groups excluding carboxylic acids is 2. The van der Waals surface area contributed by atoms with Gasteiger partial charge < -0.3 is 15.0 Å². The van der Waals surface area contributed by atoms with E-state index in [1.54, 1.807) is 30.3 Å². The van der Waals surface area contributed by atoms with E-state index in [0.29, 0.717) is 12.2 Å². The number of amides is 2. The average molecular weight is 580 g/mol. The summed E-state index contributed by atoms with van der Waals surface area (Å²) in [4.78, 5) is 29.1. The Morgan fingerprint density at radius 1 is 0.902 bits per heavy atom. The molecule has 9 heteroatoms. The molecule has 0 spiro atoms. The van der Waals surface area contributed by atoms with Crippen LogP contribution in [0.1, 0.15) is 50.3 Å². The second-order valence-corrected chi connectivity index (χ2v) is 12.1. The Morgan fingerprint density at radius 2 is 1.54 bits per heavy atom. The molecule has 0 fully saturated rings. The Kier molecular flexibility index (Phi) is 10.9. The van der Waals surface area contributed by atoms with Crippen molar-refractivity contribution in [3.8, 4) is 5.75 Å². The van der Waals surface area contributed by atoms with E-state index in [2.05, 4.69) is 5.32 Å². The second kappa shape index (κ2) is 14.2. The number of ether oxygens (including phenoxy) is 1. The van der Waals surface area contributed by atoms with Gasteiger partial charge in [-0.2, -0.15) is 0 Å². The number of sulfonamides is 1. The first kappa shape index (κ1) is 31.7. The molecular weight excluding hydrogens is 538 g/mol. The van der Waals surface area contributed by atoms with Gasteiger partial charge in [0.1, 0.15) is 18.3 Å². The van der Waals surface area contributed by atoms with Crippen LogP contribution in [0, 0.1) is 13.8 Å². The molecule has 0 aliphatic heterocycles. The molecule has 0 aliphatic carbocycles. The van der Waals surface area contributed by atoms with E-state index < -0.39 is 28.5 Å². The minimum Gasteiger partial charge on any atom is -0.495 e. The van der Waals surface area contributed by atoms with Gasteiger partial charge in [0, 0.05) is 12.6 Å². The first-order valence-electron chi connectivity index (χ1n) is 13.9. The van der Waals surface area contributed by atoms with Gasteiger partial charge in [-0.25, -0.2) is 8.42 Å². The third kappa shape index (κ3) is 7.88. The number of hydrogen-bond donors (Lipinski definition) is 1. The molecule has 0 saturated carbocycles. The zero-order chi connectivity index (χ0) is 30.2. The molecule has 8 nitrogen and oxygen atoms in total. The summed E-state index contributed by atoms with van der Waals surface area (Å²) in [6, 6.07) is 20.0. The van der Waals surface area contributed by atoms with Crippen molar-refractivity contribution in [1.82, 2.24) is 10.2 Å². The van der Waals surface area contributed by atoms with E-state index in [0.717, 1.165) is 27.4 Å². The highest BCUT2D eigenvalue weighted by atomic mass is 32.2. The van der Waals surface area contributed by atoms with Gasteiger partial charge >= 0.3 is 0 Å². The lowest BCUT2D eigenvalue weighted by Gasteiger charge is -2.34. The minimum absolute atomic E-state index is 0.0444. The Balaban J connectivity index is 2.11. The maximum absolute atomic E-state index is 14.2. The minimum atomic E-state index is -4.18. The number of nitrogens with one attached hydrogen (secondary N) is 1. The smallest absolute Gasteiger partial charge is 0.264 e. The van der Waals surface area contributed by atoms with Crippen molar-refractivity contribution in [2.45, 2.75) is 71.0 Å². The molecule has 0 aromatic heterocycles. The van der Waals surface area contributed by atoms with Crippen molar-refractivity contribution in [3.05, 3.63) is 89.5 Å². The van der Waals surface area contributed by atoms with Crippen molar-refractivity contribution in [1.29, 1.82) is 0 Å². The standard InChI is InChI=1S/C32H41N3O5S/c1-7-25(5)33-32(37)28(8-2)34(21-26-17-14-23(3)15-18-26)31(36)22-35(29-20-24(4)16-19-30(29)40-6)41(38,39)27-12-10-9-11-13-27/h9-20,25,28H,7-8,21-22H2,1-6H3,(H,33,37). The fraction of sp³-hybridized carbons (Fsp3) is 0.375. The number of carbonyl (C=O) groups is 2. The fourth-order valence-electron chi connectivity index (χ4n) is 4.48. The lowest BCUT2D eigenvalue weighted by atomic mass is 10.1. The summed E-state index contributed by atoms with van der Waals surface area (Å²) in [5.41, 5.74) is 2.96. The van der Waals surface area contributed by atoms with Gasteiger partial charge in [-0.15, -0.1) is 0 Å². The molecule has 1 N–H and O–H groups in total. The molecule has 0 heterocycles. The maximum Gasteiger partial charge on any atom is 0.264 e. The van der Waals surface area contributed by atoms with E-state index in [9.17, 15) is 18.0 Å². The predicted octanol–water partition coefficient (Wildman–Crippen LogP) is 5.23. The molecule has 0 aliphatic rings. The normalized spacial score (nSPS) is 12.7. The van der Waals surface area contributed by atoms with Crippen molar-refractivity contribution < 1.29 is 22.7 Å². The van der Waals surface area contributed by atoms with E-state index in [1.165, 1.54) is 24.1 Å². The number of nitrogens with zero attached hydrogens (tertiary/aromatic N) is 2. The zero-order valence-electron chi connectivity index (χ0n) is 24.8. The largest absolute Gasteiger partial charge is 0.495 e. The van der Waals surface area contributed by atoms with Gasteiger partial charge in [0.15, 0.2) is 0 Å². The summed E-state index contributed by atoms with van der Waals surface area (Å²) in [7, 11) is -2.72. The van der Waals surface area contributed by atoms with Crippen LogP contribution in [0.5, 0.6) is 5.75 Å². The third-order valence-corrected chi connectivity index (χ3v) is 8.85. The van der Waals surface area contributed by atoms with Crippen molar-refractivity contribution in [3.63, 3.8) is 0 Å². The molecule has 2 amide bonds. The van der Waals surface area contributed by atoms with Crippen LogP contribution in [0.3, 0.4) is 0 Å². The highest BCUT2D eigenvalue weighted by molar-refractivity contribution is 7.92. The summed E-state index contributed by atoms with van der Waals surface area (Å²) in [6.07, 6.45) is 1.10. The molecule has 2 atom stereocenters. The van der Waals surface area contributed by atoms with E-state index in [4.69, 9.17) is 4.74 Å². The highest BCUT2D eigenvalue weighted by Crippen LogP contribution is 2.33. The second-order valence-electron chi connectivity index (χ2n) is 10.2. The van der Waals surface area contributed by atoms with Gasteiger partial charge in [0.25, 0.3) is 10.0 Å².